The molecule has 0 fully saturated rings. The van der Waals surface area contributed by atoms with E-state index in [1.54, 1.807) is 0 Å². The van der Waals surface area contributed by atoms with E-state index in [0.717, 1.165) is 6.26 Å². The molecule has 0 heterocycles. The Hall–Kier alpha value is 1.00. The average molecular weight is 366 g/mol. The number of unbranched alkanes of at least 4 members (excludes halogenated alkanes) is 1. The first kappa shape index (κ1) is 11.0. The molecule has 0 aromatic rings. The van der Waals surface area contributed by atoms with Crippen molar-refractivity contribution in [3.05, 3.63) is 12.3 Å². The molecule has 1 nitrogen and oxygen atoms in total. The van der Waals surface area contributed by atoms with Gasteiger partial charge >= 0.3 is 0 Å². The summed E-state index contributed by atoms with van der Waals surface area (Å²) in [5.74, 6) is 0. The van der Waals surface area contributed by atoms with Crippen molar-refractivity contribution in [3.8, 4) is 0 Å². The zero-order valence-corrected chi connectivity index (χ0v) is 10.1. The molecule has 0 aromatic carbocycles. The molecular weight excluding hydrogens is 354 g/mol. The number of hydrogen-bond donors (Lipinski definition) is 1. The van der Waals surface area contributed by atoms with Gasteiger partial charge in [0.1, 0.15) is 0 Å². The second kappa shape index (κ2) is 8.10. The van der Waals surface area contributed by atoms with E-state index < -0.39 is 0 Å². The number of rotatable bonds is 5. The maximum absolute atomic E-state index is 8.41. The Morgan fingerprint density at radius 3 is 2.60 bits per heavy atom. The van der Waals surface area contributed by atoms with Gasteiger partial charge in [-0.2, -0.15) is 0 Å². The first-order valence-electron chi connectivity index (χ1n) is 3.32. The van der Waals surface area contributed by atoms with Crippen molar-refractivity contribution in [2.45, 2.75) is 23.2 Å². The van der Waals surface area contributed by atoms with Gasteiger partial charge in [0.15, 0.2) is 0 Å². The lowest BCUT2D eigenvalue weighted by molar-refractivity contribution is 0.470. The van der Waals surface area contributed by atoms with E-state index in [0.29, 0.717) is 3.92 Å². The Morgan fingerprint density at radius 2 is 2.10 bits per heavy atom. The third-order valence-corrected chi connectivity index (χ3v) is 2.96. The quantitative estimate of drug-likeness (QED) is 0.342. The van der Waals surface area contributed by atoms with E-state index in [1.165, 1.54) is 23.7 Å². The van der Waals surface area contributed by atoms with E-state index in [-0.39, 0.29) is 0 Å². The Bertz CT molecular complexity index is 93.6. The highest BCUT2D eigenvalue weighted by Crippen LogP contribution is 2.12. The van der Waals surface area contributed by atoms with Crippen molar-refractivity contribution in [2.24, 2.45) is 0 Å². The summed E-state index contributed by atoms with van der Waals surface area (Å²) in [5, 5.41) is 8.41. The molecule has 0 aliphatic heterocycles. The fourth-order valence-electron chi connectivity index (χ4n) is 0.623. The molecule has 0 saturated heterocycles. The minimum absolute atomic E-state index is 0.505. The normalized spacial score (nSPS) is 14.2. The summed E-state index contributed by atoms with van der Waals surface area (Å²) in [6, 6.07) is 0. The summed E-state index contributed by atoms with van der Waals surface area (Å²) in [6.07, 6.45) is 6.70. The van der Waals surface area contributed by atoms with Crippen LogP contribution in [-0.2, 0) is 0 Å². The van der Waals surface area contributed by atoms with Crippen LogP contribution in [0.5, 0.6) is 0 Å². The van der Waals surface area contributed by atoms with Gasteiger partial charge < -0.3 is 5.11 Å². The summed E-state index contributed by atoms with van der Waals surface area (Å²) in [6.45, 7) is 0. The van der Waals surface area contributed by atoms with Gasteiger partial charge in [-0.25, -0.2) is 0 Å². The zero-order valence-electron chi connectivity index (χ0n) is 5.76. The highest BCUT2D eigenvalue weighted by atomic mass is 127. The lowest BCUT2D eigenvalue weighted by Gasteiger charge is -2.00. The van der Waals surface area contributed by atoms with Crippen LogP contribution in [0.3, 0.4) is 0 Å². The third-order valence-electron chi connectivity index (χ3n) is 1.16. The monoisotopic (exact) mass is 366 g/mol. The van der Waals surface area contributed by atoms with Crippen LogP contribution in [0.4, 0.5) is 0 Å². The molecule has 0 spiro atoms. The standard InChI is InChI=1S/C7H12I2O/c8-5-2-1-3-7(9)4-6-10/h4,6-7,10H,1-3,5H2. The van der Waals surface area contributed by atoms with E-state index in [9.17, 15) is 0 Å². The SMILES string of the molecule is OC=CC(I)CCCCI. The molecular formula is C7H12I2O. The molecule has 0 radical (unpaired) electrons. The maximum Gasteiger partial charge on any atom is 0.0762 e. The van der Waals surface area contributed by atoms with Gasteiger partial charge in [0, 0.05) is 3.92 Å². The van der Waals surface area contributed by atoms with E-state index in [2.05, 4.69) is 45.2 Å². The van der Waals surface area contributed by atoms with E-state index in [1.807, 2.05) is 6.08 Å². The number of aliphatic hydroxyl groups is 1. The summed E-state index contributed by atoms with van der Waals surface area (Å²) in [4.78, 5) is 0. The van der Waals surface area contributed by atoms with Gasteiger partial charge in [0.2, 0.25) is 0 Å². The molecule has 0 rings (SSSR count). The van der Waals surface area contributed by atoms with Crippen molar-refractivity contribution >= 4 is 45.2 Å². The van der Waals surface area contributed by atoms with Crippen LogP contribution < -0.4 is 0 Å². The lowest BCUT2D eigenvalue weighted by atomic mass is 10.2. The van der Waals surface area contributed by atoms with Gasteiger partial charge in [-0.15, -0.1) is 0 Å². The highest BCUT2D eigenvalue weighted by molar-refractivity contribution is 14.1. The van der Waals surface area contributed by atoms with Crippen LogP contribution >= 0.6 is 45.2 Å². The fraction of sp³-hybridized carbons (Fsp3) is 0.714. The largest absolute Gasteiger partial charge is 0.516 e. The number of allylic oxidation sites excluding steroid dienone is 1. The van der Waals surface area contributed by atoms with Crippen LogP contribution in [0, 0.1) is 0 Å². The highest BCUT2D eigenvalue weighted by Gasteiger charge is 1.96. The Morgan fingerprint density at radius 1 is 1.40 bits per heavy atom. The Balaban J connectivity index is 3.13. The van der Waals surface area contributed by atoms with E-state index in [4.69, 9.17) is 5.11 Å². The van der Waals surface area contributed by atoms with Gasteiger partial charge in [-0.3, -0.25) is 0 Å². The topological polar surface area (TPSA) is 20.2 Å². The van der Waals surface area contributed by atoms with Crippen molar-refractivity contribution < 1.29 is 5.11 Å². The molecule has 0 aliphatic carbocycles. The minimum Gasteiger partial charge on any atom is -0.516 e. The molecule has 0 saturated carbocycles. The van der Waals surface area contributed by atoms with Crippen molar-refractivity contribution in [2.75, 3.05) is 4.43 Å². The minimum atomic E-state index is 0.505. The van der Waals surface area contributed by atoms with Crippen LogP contribution in [0.1, 0.15) is 19.3 Å². The summed E-state index contributed by atoms with van der Waals surface area (Å²) in [5.41, 5.74) is 0. The molecule has 60 valence electrons. The smallest absolute Gasteiger partial charge is 0.0762 e. The Labute approximate surface area is 89.6 Å². The molecule has 3 heteroatoms. The molecule has 1 N–H and O–H groups in total. The molecule has 10 heavy (non-hydrogen) atoms. The second-order valence-corrected chi connectivity index (χ2v) is 4.72. The van der Waals surface area contributed by atoms with Crippen LogP contribution in [-0.4, -0.2) is 13.5 Å². The molecule has 1 atom stereocenters. The average Bonchev–Trinajstić information content (AvgIpc) is 1.89. The van der Waals surface area contributed by atoms with Gasteiger partial charge in [-0.1, -0.05) is 51.6 Å². The van der Waals surface area contributed by atoms with Gasteiger partial charge in [0.05, 0.1) is 6.26 Å². The fourth-order valence-corrected chi connectivity index (χ4v) is 1.79. The van der Waals surface area contributed by atoms with Gasteiger partial charge in [0.25, 0.3) is 0 Å². The maximum atomic E-state index is 8.41. The predicted molar refractivity (Wildman–Crippen MR) is 62.3 cm³/mol. The summed E-state index contributed by atoms with van der Waals surface area (Å²) >= 11 is 4.72. The zero-order chi connectivity index (χ0) is 7.82. The third kappa shape index (κ3) is 7.11. The van der Waals surface area contributed by atoms with Crippen molar-refractivity contribution in [1.29, 1.82) is 0 Å². The lowest BCUT2D eigenvalue weighted by Crippen LogP contribution is -1.91. The number of aliphatic hydroxyl groups excluding tert-OH is 1. The predicted octanol–water partition coefficient (Wildman–Crippen LogP) is 3.47. The number of alkyl halides is 2. The first-order valence-corrected chi connectivity index (χ1v) is 6.09. The molecule has 0 bridgehead atoms. The molecule has 0 amide bonds. The van der Waals surface area contributed by atoms with Crippen molar-refractivity contribution in [1.82, 2.24) is 0 Å². The first-order chi connectivity index (χ1) is 4.81. The molecule has 0 aromatic heterocycles. The van der Waals surface area contributed by atoms with Crippen LogP contribution in [0.15, 0.2) is 12.3 Å². The van der Waals surface area contributed by atoms with Crippen LogP contribution in [0.2, 0.25) is 0 Å². The summed E-state index contributed by atoms with van der Waals surface area (Å²) < 4.78 is 1.75. The molecule has 0 aliphatic rings. The van der Waals surface area contributed by atoms with Crippen LogP contribution in [0.25, 0.3) is 0 Å². The Kier molecular flexibility index (Phi) is 8.91. The second-order valence-electron chi connectivity index (χ2n) is 2.04. The number of hydrogen-bond acceptors (Lipinski definition) is 1. The molecule has 1 unspecified atom stereocenters. The van der Waals surface area contributed by atoms with Crippen molar-refractivity contribution in [3.63, 3.8) is 0 Å². The summed E-state index contributed by atoms with van der Waals surface area (Å²) in [7, 11) is 0. The number of halogens is 2. The van der Waals surface area contributed by atoms with Gasteiger partial charge in [-0.05, 0) is 23.3 Å². The van der Waals surface area contributed by atoms with E-state index >= 15 is 0 Å².